The van der Waals surface area contributed by atoms with Crippen LogP contribution in [0.15, 0.2) is 0 Å². The maximum Gasteiger partial charge on any atom is 0.0502 e. The van der Waals surface area contributed by atoms with Gasteiger partial charge in [0.1, 0.15) is 0 Å². The fourth-order valence-corrected chi connectivity index (χ4v) is 6.04. The van der Waals surface area contributed by atoms with Gasteiger partial charge in [-0.05, 0) is 75.7 Å². The summed E-state index contributed by atoms with van der Waals surface area (Å²) in [6.45, 7) is 0. The Labute approximate surface area is 134 Å². The van der Waals surface area contributed by atoms with E-state index in [2.05, 4.69) is 12.4 Å². The van der Waals surface area contributed by atoms with Crippen molar-refractivity contribution in [2.75, 3.05) is 7.05 Å². The van der Waals surface area contributed by atoms with Crippen LogP contribution < -0.4 is 5.32 Å². The molecule has 5 unspecified atom stereocenters. The van der Waals surface area contributed by atoms with Crippen LogP contribution in [0.2, 0.25) is 0 Å². The maximum atomic E-state index is 6.47. The summed E-state index contributed by atoms with van der Waals surface area (Å²) in [5.41, 5.74) is 0. The third-order valence-corrected chi connectivity index (χ3v) is 7.60. The first-order valence-corrected chi connectivity index (χ1v) is 9.53. The van der Waals surface area contributed by atoms with Gasteiger partial charge in [0, 0.05) is 11.4 Å². The second-order valence-electron chi connectivity index (χ2n) is 7.35. The minimum Gasteiger partial charge on any atom is -0.317 e. The van der Waals surface area contributed by atoms with Gasteiger partial charge in [0.25, 0.3) is 0 Å². The standard InChI is InChI=1S/C17H29Cl2N/c1-20-17-9-7-12(13-4-2-3-5-14(13)17)11-6-8-15(18)16(19)10-11/h11-17,20H,2-10H2,1H3/t11?,12-,13?,14?,15?,16?,17-/m1/s1. The molecule has 116 valence electrons. The Bertz CT molecular complexity index is 322. The lowest BCUT2D eigenvalue weighted by atomic mass is 9.58. The Morgan fingerprint density at radius 1 is 0.750 bits per heavy atom. The third kappa shape index (κ3) is 3.01. The van der Waals surface area contributed by atoms with Crippen molar-refractivity contribution < 1.29 is 0 Å². The minimum absolute atomic E-state index is 0.208. The number of alkyl halides is 2. The highest BCUT2D eigenvalue weighted by molar-refractivity contribution is 6.30. The molecule has 3 aliphatic carbocycles. The fourth-order valence-electron chi connectivity index (χ4n) is 5.46. The average molecular weight is 318 g/mol. The Balaban J connectivity index is 1.70. The van der Waals surface area contributed by atoms with Crippen molar-refractivity contribution in [1.29, 1.82) is 0 Å². The van der Waals surface area contributed by atoms with Gasteiger partial charge in [-0.1, -0.05) is 12.8 Å². The first-order chi connectivity index (χ1) is 9.70. The van der Waals surface area contributed by atoms with E-state index in [9.17, 15) is 0 Å². The summed E-state index contributed by atoms with van der Waals surface area (Å²) in [4.78, 5) is 0. The Kier molecular flexibility index (Phi) is 5.21. The summed E-state index contributed by atoms with van der Waals surface area (Å²) in [7, 11) is 2.16. The zero-order valence-electron chi connectivity index (χ0n) is 12.7. The van der Waals surface area contributed by atoms with E-state index in [0.717, 1.165) is 42.6 Å². The van der Waals surface area contributed by atoms with Crippen LogP contribution in [0.3, 0.4) is 0 Å². The minimum atomic E-state index is 0.208. The monoisotopic (exact) mass is 317 g/mol. The molecule has 3 aliphatic rings. The van der Waals surface area contributed by atoms with Crippen LogP contribution in [0, 0.1) is 23.7 Å². The van der Waals surface area contributed by atoms with Crippen molar-refractivity contribution in [3.05, 3.63) is 0 Å². The molecule has 0 heterocycles. The van der Waals surface area contributed by atoms with E-state index < -0.39 is 0 Å². The van der Waals surface area contributed by atoms with Crippen molar-refractivity contribution in [3.8, 4) is 0 Å². The molecule has 0 aromatic rings. The highest BCUT2D eigenvalue weighted by atomic mass is 35.5. The van der Waals surface area contributed by atoms with E-state index in [1.54, 1.807) is 0 Å². The lowest BCUT2D eigenvalue weighted by Crippen LogP contribution is -2.48. The van der Waals surface area contributed by atoms with Crippen molar-refractivity contribution in [2.45, 2.75) is 74.6 Å². The van der Waals surface area contributed by atoms with Crippen molar-refractivity contribution >= 4 is 23.2 Å². The van der Waals surface area contributed by atoms with Crippen LogP contribution in [0.4, 0.5) is 0 Å². The van der Waals surface area contributed by atoms with Gasteiger partial charge in [-0.2, -0.15) is 0 Å². The molecule has 3 saturated carbocycles. The molecule has 20 heavy (non-hydrogen) atoms. The van der Waals surface area contributed by atoms with Gasteiger partial charge in [0.05, 0.1) is 5.38 Å². The van der Waals surface area contributed by atoms with Crippen molar-refractivity contribution in [3.63, 3.8) is 0 Å². The van der Waals surface area contributed by atoms with Crippen LogP contribution >= 0.6 is 23.2 Å². The predicted molar refractivity (Wildman–Crippen MR) is 87.6 cm³/mol. The Hall–Kier alpha value is 0.540. The number of rotatable bonds is 2. The molecule has 3 rings (SSSR count). The smallest absolute Gasteiger partial charge is 0.0502 e. The number of hydrogen-bond acceptors (Lipinski definition) is 1. The molecule has 0 amide bonds. The van der Waals surface area contributed by atoms with Gasteiger partial charge >= 0.3 is 0 Å². The van der Waals surface area contributed by atoms with Crippen LogP contribution in [-0.2, 0) is 0 Å². The lowest BCUT2D eigenvalue weighted by Gasteiger charge is -2.50. The topological polar surface area (TPSA) is 12.0 Å². The number of hydrogen-bond donors (Lipinski definition) is 1. The first-order valence-electron chi connectivity index (χ1n) is 8.66. The highest BCUT2D eigenvalue weighted by Gasteiger charge is 2.44. The molecule has 0 spiro atoms. The first kappa shape index (κ1) is 15.4. The summed E-state index contributed by atoms with van der Waals surface area (Å²) >= 11 is 12.8. The summed E-state index contributed by atoms with van der Waals surface area (Å²) in [6.07, 6.45) is 12.2. The molecular weight excluding hydrogens is 289 g/mol. The molecule has 1 nitrogen and oxygen atoms in total. The number of fused-ring (bicyclic) bond motifs is 1. The molecule has 0 aromatic carbocycles. The Morgan fingerprint density at radius 2 is 1.50 bits per heavy atom. The normalized spacial score (nSPS) is 49.6. The van der Waals surface area contributed by atoms with E-state index in [-0.39, 0.29) is 10.8 Å². The van der Waals surface area contributed by atoms with E-state index in [4.69, 9.17) is 23.2 Å². The van der Waals surface area contributed by atoms with E-state index in [1.165, 1.54) is 44.9 Å². The molecule has 0 bridgehead atoms. The van der Waals surface area contributed by atoms with Gasteiger partial charge in [0.2, 0.25) is 0 Å². The predicted octanol–water partition coefficient (Wildman–Crippen LogP) is 4.81. The molecule has 7 atom stereocenters. The molecule has 0 radical (unpaired) electrons. The molecule has 0 aromatic heterocycles. The summed E-state index contributed by atoms with van der Waals surface area (Å²) < 4.78 is 0. The van der Waals surface area contributed by atoms with Crippen LogP contribution in [0.1, 0.15) is 57.8 Å². The summed E-state index contributed by atoms with van der Waals surface area (Å²) in [5, 5.41) is 4.01. The van der Waals surface area contributed by atoms with Gasteiger partial charge in [-0.25, -0.2) is 0 Å². The zero-order chi connectivity index (χ0) is 14.1. The lowest BCUT2D eigenvalue weighted by molar-refractivity contribution is 0.0296. The van der Waals surface area contributed by atoms with Crippen molar-refractivity contribution in [2.24, 2.45) is 23.7 Å². The van der Waals surface area contributed by atoms with Crippen molar-refractivity contribution in [1.82, 2.24) is 5.32 Å². The van der Waals surface area contributed by atoms with Gasteiger partial charge in [0.15, 0.2) is 0 Å². The fraction of sp³-hybridized carbons (Fsp3) is 1.00. The zero-order valence-corrected chi connectivity index (χ0v) is 14.2. The number of halogens is 2. The SMILES string of the molecule is CN[C@@H]1CC[C@H](C2CCC(Cl)C(Cl)C2)C2CCCCC21. The molecule has 0 saturated heterocycles. The highest BCUT2D eigenvalue weighted by Crippen LogP contribution is 2.50. The van der Waals surface area contributed by atoms with Crippen LogP contribution in [0.25, 0.3) is 0 Å². The van der Waals surface area contributed by atoms with E-state index in [0.29, 0.717) is 0 Å². The largest absolute Gasteiger partial charge is 0.317 e. The number of nitrogens with one attached hydrogen (secondary N) is 1. The van der Waals surface area contributed by atoms with E-state index in [1.807, 2.05) is 0 Å². The van der Waals surface area contributed by atoms with Gasteiger partial charge in [-0.15, -0.1) is 23.2 Å². The summed E-state index contributed by atoms with van der Waals surface area (Å²) in [5.74, 6) is 3.65. The van der Waals surface area contributed by atoms with E-state index >= 15 is 0 Å². The molecule has 3 heteroatoms. The molecule has 0 aliphatic heterocycles. The van der Waals surface area contributed by atoms with Crippen LogP contribution in [0.5, 0.6) is 0 Å². The third-order valence-electron chi connectivity index (χ3n) is 6.46. The molecular formula is C17H29Cl2N. The quantitative estimate of drug-likeness (QED) is 0.721. The Morgan fingerprint density at radius 3 is 2.20 bits per heavy atom. The second kappa shape index (κ2) is 6.75. The van der Waals surface area contributed by atoms with Gasteiger partial charge < -0.3 is 5.32 Å². The second-order valence-corrected chi connectivity index (χ2v) is 8.47. The van der Waals surface area contributed by atoms with Gasteiger partial charge in [-0.3, -0.25) is 0 Å². The average Bonchev–Trinajstić information content (AvgIpc) is 2.49. The van der Waals surface area contributed by atoms with Crippen LogP contribution in [-0.4, -0.2) is 23.8 Å². The maximum absolute atomic E-state index is 6.47. The summed E-state index contributed by atoms with van der Waals surface area (Å²) in [6, 6.07) is 0.771. The molecule has 1 N–H and O–H groups in total. The molecule has 3 fully saturated rings.